The quantitative estimate of drug-likeness (QED) is 0.360. The van der Waals surface area contributed by atoms with Gasteiger partial charge in [-0.1, -0.05) is 42.5 Å². The summed E-state index contributed by atoms with van der Waals surface area (Å²) in [5.41, 5.74) is 0.824. The molecule has 6 nitrogen and oxygen atoms in total. The Morgan fingerprint density at radius 1 is 0.971 bits per heavy atom. The molecule has 0 bridgehead atoms. The van der Waals surface area contributed by atoms with E-state index in [0.29, 0.717) is 24.5 Å². The summed E-state index contributed by atoms with van der Waals surface area (Å²) in [6.45, 7) is 5.66. The first-order valence-electron chi connectivity index (χ1n) is 11.4. The maximum atomic E-state index is 13.8. The molecule has 0 radical (unpaired) electrons. The van der Waals surface area contributed by atoms with Crippen LogP contribution in [0.3, 0.4) is 0 Å². The highest BCUT2D eigenvalue weighted by molar-refractivity contribution is 7.98. The summed E-state index contributed by atoms with van der Waals surface area (Å²) >= 11 is 1.53. The van der Waals surface area contributed by atoms with Gasteiger partial charge in [0, 0.05) is 10.4 Å². The van der Waals surface area contributed by atoms with E-state index in [-0.39, 0.29) is 11.4 Å². The van der Waals surface area contributed by atoms with Crippen LogP contribution in [0.4, 0.5) is 5.69 Å². The number of hydrogen-bond acceptors (Lipinski definition) is 5. The highest BCUT2D eigenvalue weighted by atomic mass is 32.2. The molecule has 0 atom stereocenters. The van der Waals surface area contributed by atoms with Crippen molar-refractivity contribution in [3.63, 3.8) is 0 Å². The molecule has 0 heterocycles. The number of sulfonamides is 1. The number of amides is 1. The summed E-state index contributed by atoms with van der Waals surface area (Å²) in [5, 5.41) is 3.01. The smallest absolute Gasteiger partial charge is 0.264 e. The van der Waals surface area contributed by atoms with Gasteiger partial charge in [0.15, 0.2) is 0 Å². The van der Waals surface area contributed by atoms with Gasteiger partial charge in [0.2, 0.25) is 5.91 Å². The normalized spacial score (nSPS) is 11.7. The van der Waals surface area contributed by atoms with E-state index in [2.05, 4.69) is 5.32 Å². The molecule has 0 fully saturated rings. The van der Waals surface area contributed by atoms with Crippen molar-refractivity contribution in [1.82, 2.24) is 5.32 Å². The van der Waals surface area contributed by atoms with Gasteiger partial charge in [-0.05, 0) is 75.4 Å². The number of thioether (sulfide) groups is 1. The fourth-order valence-electron chi connectivity index (χ4n) is 3.81. The molecule has 3 aromatic rings. The first kappa shape index (κ1) is 26.6. The standard InChI is InChI=1S/C27H32N2O4S2/c1-5-33-25-14-10-9-13-24(25)29(35(31,32)23-17-15-22(34-4)16-18-23)20-26(30)28-27(2,3)19-21-11-7-6-8-12-21/h6-18H,5,19-20H2,1-4H3,(H,28,30). The first-order chi connectivity index (χ1) is 16.7. The van der Waals surface area contributed by atoms with E-state index in [1.165, 1.54) is 11.8 Å². The van der Waals surface area contributed by atoms with Gasteiger partial charge in [-0.15, -0.1) is 11.8 Å². The van der Waals surface area contributed by atoms with Gasteiger partial charge in [-0.25, -0.2) is 8.42 Å². The average molecular weight is 513 g/mol. The summed E-state index contributed by atoms with van der Waals surface area (Å²) in [5.74, 6) is -0.00260. The zero-order chi connectivity index (χ0) is 25.5. The first-order valence-corrected chi connectivity index (χ1v) is 14.1. The predicted molar refractivity (Wildman–Crippen MR) is 143 cm³/mol. The van der Waals surface area contributed by atoms with Gasteiger partial charge in [0.1, 0.15) is 12.3 Å². The number of carbonyl (C=O) groups is 1. The maximum Gasteiger partial charge on any atom is 0.264 e. The Morgan fingerprint density at radius 2 is 1.60 bits per heavy atom. The van der Waals surface area contributed by atoms with Crippen molar-refractivity contribution in [2.75, 3.05) is 23.7 Å². The molecule has 3 rings (SSSR count). The molecule has 186 valence electrons. The van der Waals surface area contributed by atoms with Crippen LogP contribution in [-0.2, 0) is 21.2 Å². The molecule has 8 heteroatoms. The van der Waals surface area contributed by atoms with Crippen molar-refractivity contribution in [1.29, 1.82) is 0 Å². The Balaban J connectivity index is 1.93. The Morgan fingerprint density at radius 3 is 2.23 bits per heavy atom. The Bertz CT molecular complexity index is 1230. The second-order valence-corrected chi connectivity index (χ2v) is 11.4. The molecule has 0 aliphatic rings. The number of para-hydroxylation sites is 2. The number of anilines is 1. The fourth-order valence-corrected chi connectivity index (χ4v) is 5.65. The largest absolute Gasteiger partial charge is 0.492 e. The molecular formula is C27H32N2O4S2. The number of carbonyl (C=O) groups excluding carboxylic acids is 1. The van der Waals surface area contributed by atoms with E-state index >= 15 is 0 Å². The number of rotatable bonds is 11. The fraction of sp³-hybridized carbons (Fsp3) is 0.296. The molecule has 0 saturated carbocycles. The third kappa shape index (κ3) is 7.02. The van der Waals surface area contributed by atoms with Gasteiger partial charge >= 0.3 is 0 Å². The summed E-state index contributed by atoms with van der Waals surface area (Å²) in [6.07, 6.45) is 2.54. The van der Waals surface area contributed by atoms with Gasteiger partial charge in [0.05, 0.1) is 17.2 Å². The number of nitrogens with one attached hydrogen (secondary N) is 1. The van der Waals surface area contributed by atoms with Crippen molar-refractivity contribution < 1.29 is 17.9 Å². The van der Waals surface area contributed by atoms with E-state index in [0.717, 1.165) is 14.8 Å². The van der Waals surface area contributed by atoms with Crippen LogP contribution < -0.4 is 14.4 Å². The number of nitrogens with zero attached hydrogens (tertiary/aromatic N) is 1. The van der Waals surface area contributed by atoms with Crippen LogP contribution in [0, 0.1) is 0 Å². The molecule has 1 N–H and O–H groups in total. The number of benzene rings is 3. The van der Waals surface area contributed by atoms with Gasteiger partial charge in [-0.2, -0.15) is 0 Å². The SMILES string of the molecule is CCOc1ccccc1N(CC(=O)NC(C)(C)Cc1ccccc1)S(=O)(=O)c1ccc(SC)cc1. The highest BCUT2D eigenvalue weighted by Gasteiger charge is 2.31. The minimum Gasteiger partial charge on any atom is -0.492 e. The second-order valence-electron chi connectivity index (χ2n) is 8.68. The van der Waals surface area contributed by atoms with Crippen molar-refractivity contribution >= 4 is 33.4 Å². The molecule has 0 aliphatic heterocycles. The summed E-state index contributed by atoms with van der Waals surface area (Å²) in [7, 11) is -4.05. The predicted octanol–water partition coefficient (Wildman–Crippen LogP) is 5.14. The van der Waals surface area contributed by atoms with Crippen LogP contribution in [0.25, 0.3) is 0 Å². The van der Waals surface area contributed by atoms with Crippen LogP contribution >= 0.6 is 11.8 Å². The van der Waals surface area contributed by atoms with Crippen molar-refractivity contribution in [3.05, 3.63) is 84.4 Å². The minimum absolute atomic E-state index is 0.109. The van der Waals surface area contributed by atoms with E-state index in [9.17, 15) is 13.2 Å². The zero-order valence-corrected chi connectivity index (χ0v) is 22.2. The number of ether oxygens (including phenoxy) is 1. The van der Waals surface area contributed by atoms with Crippen LogP contribution in [0.1, 0.15) is 26.3 Å². The second kappa shape index (κ2) is 11.6. The lowest BCUT2D eigenvalue weighted by molar-refractivity contribution is -0.121. The van der Waals surface area contributed by atoms with Crippen LogP contribution in [0.5, 0.6) is 5.75 Å². The van der Waals surface area contributed by atoms with Crippen LogP contribution in [-0.4, -0.2) is 39.3 Å². The summed E-state index contributed by atoms with van der Waals surface area (Å²) < 4.78 is 34.4. The summed E-state index contributed by atoms with van der Waals surface area (Å²) in [4.78, 5) is 14.3. The van der Waals surface area contributed by atoms with Gasteiger partial charge < -0.3 is 10.1 Å². The molecule has 35 heavy (non-hydrogen) atoms. The Kier molecular flexibility index (Phi) is 8.86. The topological polar surface area (TPSA) is 75.7 Å². The van der Waals surface area contributed by atoms with Crippen molar-refractivity contribution in [3.8, 4) is 5.75 Å². The van der Waals surface area contributed by atoms with E-state index in [1.54, 1.807) is 48.5 Å². The van der Waals surface area contributed by atoms with E-state index < -0.39 is 21.5 Å². The minimum atomic E-state index is -4.05. The van der Waals surface area contributed by atoms with Crippen LogP contribution in [0.15, 0.2) is 88.7 Å². The lowest BCUT2D eigenvalue weighted by atomic mass is 9.95. The van der Waals surface area contributed by atoms with Crippen molar-refractivity contribution in [2.45, 2.75) is 42.5 Å². The molecule has 0 aromatic heterocycles. The lowest BCUT2D eigenvalue weighted by Gasteiger charge is -2.30. The van der Waals surface area contributed by atoms with Gasteiger partial charge in [-0.3, -0.25) is 9.10 Å². The van der Waals surface area contributed by atoms with Gasteiger partial charge in [0.25, 0.3) is 10.0 Å². The van der Waals surface area contributed by atoms with E-state index in [4.69, 9.17) is 4.74 Å². The monoisotopic (exact) mass is 512 g/mol. The summed E-state index contributed by atoms with van der Waals surface area (Å²) in [6, 6.07) is 23.4. The zero-order valence-electron chi connectivity index (χ0n) is 20.5. The molecule has 0 spiro atoms. The molecular weight excluding hydrogens is 480 g/mol. The highest BCUT2D eigenvalue weighted by Crippen LogP contribution is 2.33. The molecule has 0 unspecified atom stereocenters. The molecule has 3 aromatic carbocycles. The third-order valence-corrected chi connectivity index (χ3v) is 7.85. The maximum absolute atomic E-state index is 13.8. The number of hydrogen-bond donors (Lipinski definition) is 1. The molecule has 0 saturated heterocycles. The Hall–Kier alpha value is -2.97. The lowest BCUT2D eigenvalue weighted by Crippen LogP contribution is -2.50. The molecule has 1 amide bonds. The van der Waals surface area contributed by atoms with Crippen molar-refractivity contribution in [2.24, 2.45) is 0 Å². The Labute approximate surface area is 212 Å². The average Bonchev–Trinajstić information content (AvgIpc) is 2.83. The van der Waals surface area contributed by atoms with E-state index in [1.807, 2.05) is 57.4 Å². The third-order valence-electron chi connectivity index (χ3n) is 5.34. The van der Waals surface area contributed by atoms with Crippen LogP contribution in [0.2, 0.25) is 0 Å². The molecule has 0 aliphatic carbocycles.